The lowest BCUT2D eigenvalue weighted by Gasteiger charge is -2.36. The molecular weight excluding hydrogens is 222 g/mol. The molecule has 3 heteroatoms. The first kappa shape index (κ1) is 15.9. The molecule has 0 aliphatic carbocycles. The number of hydrogen-bond donors (Lipinski definition) is 1. The monoisotopic (exact) mass is 255 g/mol. The number of likely N-dealkylation sites (N-methyl/N-ethyl adjacent to an activating group) is 1. The molecule has 18 heavy (non-hydrogen) atoms. The first-order valence-electron chi connectivity index (χ1n) is 7.46. The van der Waals surface area contributed by atoms with E-state index in [1.54, 1.807) is 0 Å². The predicted octanol–water partition coefficient (Wildman–Crippen LogP) is 2.04. The summed E-state index contributed by atoms with van der Waals surface area (Å²) in [6.45, 7) is 17.6. The van der Waals surface area contributed by atoms with E-state index < -0.39 is 0 Å². The molecule has 1 heterocycles. The van der Waals surface area contributed by atoms with Crippen LogP contribution in [0, 0.1) is 5.41 Å². The molecule has 0 aromatic rings. The average Bonchev–Trinajstić information content (AvgIpc) is 2.38. The zero-order valence-corrected chi connectivity index (χ0v) is 13.3. The van der Waals surface area contributed by atoms with Crippen molar-refractivity contribution in [2.45, 2.75) is 53.1 Å². The summed E-state index contributed by atoms with van der Waals surface area (Å²) in [6, 6.07) is 1.26. The highest BCUT2D eigenvalue weighted by atomic mass is 15.2. The fraction of sp³-hybridized carbons (Fsp3) is 1.00. The Hall–Kier alpha value is -0.120. The molecule has 1 aliphatic heterocycles. The van der Waals surface area contributed by atoms with Crippen molar-refractivity contribution >= 4 is 0 Å². The fourth-order valence-electron chi connectivity index (χ4n) is 2.74. The molecule has 0 aromatic carbocycles. The zero-order valence-electron chi connectivity index (χ0n) is 13.3. The summed E-state index contributed by atoms with van der Waals surface area (Å²) in [6.07, 6.45) is 1.30. The van der Waals surface area contributed by atoms with Gasteiger partial charge in [0.05, 0.1) is 0 Å². The molecule has 1 saturated heterocycles. The normalized spacial score (nSPS) is 24.5. The van der Waals surface area contributed by atoms with Gasteiger partial charge < -0.3 is 10.2 Å². The number of rotatable bonds is 5. The molecule has 108 valence electrons. The smallest absolute Gasteiger partial charge is 0.0195 e. The van der Waals surface area contributed by atoms with Gasteiger partial charge in [-0.2, -0.15) is 0 Å². The Balaban J connectivity index is 2.48. The van der Waals surface area contributed by atoms with Crippen LogP contribution in [0.4, 0.5) is 0 Å². The van der Waals surface area contributed by atoms with E-state index >= 15 is 0 Å². The first-order valence-corrected chi connectivity index (χ1v) is 7.46. The molecule has 0 spiro atoms. The molecule has 0 saturated carbocycles. The summed E-state index contributed by atoms with van der Waals surface area (Å²) in [5.41, 5.74) is 0.349. The van der Waals surface area contributed by atoms with Crippen molar-refractivity contribution in [2.24, 2.45) is 5.41 Å². The molecule has 1 rings (SSSR count). The maximum Gasteiger partial charge on any atom is 0.0195 e. The fourth-order valence-corrected chi connectivity index (χ4v) is 2.74. The van der Waals surface area contributed by atoms with Crippen molar-refractivity contribution < 1.29 is 0 Å². The summed E-state index contributed by atoms with van der Waals surface area (Å²) >= 11 is 0. The quantitative estimate of drug-likeness (QED) is 0.811. The standard InChI is InChI=1S/C15H33N3/c1-13(2)16-11-15(4,5)12-18-9-7-8-17(6)10-14(18)3/h13-14,16H,7-12H2,1-6H3. The maximum atomic E-state index is 3.58. The Morgan fingerprint density at radius 1 is 1.28 bits per heavy atom. The molecule has 0 aromatic heterocycles. The van der Waals surface area contributed by atoms with Gasteiger partial charge in [-0.15, -0.1) is 0 Å². The Labute approximate surface area is 114 Å². The Bertz CT molecular complexity index is 238. The topological polar surface area (TPSA) is 18.5 Å². The minimum atomic E-state index is 0.349. The van der Waals surface area contributed by atoms with Crippen molar-refractivity contribution in [1.29, 1.82) is 0 Å². The molecular formula is C15H33N3. The molecule has 1 aliphatic rings. The minimum Gasteiger partial charge on any atom is -0.314 e. The maximum absolute atomic E-state index is 3.58. The molecule has 3 nitrogen and oxygen atoms in total. The molecule has 1 fully saturated rings. The third-order valence-corrected chi connectivity index (χ3v) is 3.80. The summed E-state index contributed by atoms with van der Waals surface area (Å²) in [4.78, 5) is 5.13. The van der Waals surface area contributed by atoms with E-state index in [0.717, 1.165) is 6.54 Å². The highest BCUT2D eigenvalue weighted by molar-refractivity contribution is 4.82. The average molecular weight is 255 g/mol. The number of nitrogens with zero attached hydrogens (tertiary/aromatic N) is 2. The second-order valence-corrected chi connectivity index (χ2v) is 7.14. The third-order valence-electron chi connectivity index (χ3n) is 3.80. The van der Waals surface area contributed by atoms with Crippen LogP contribution in [0.5, 0.6) is 0 Å². The van der Waals surface area contributed by atoms with Crippen LogP contribution in [0.2, 0.25) is 0 Å². The summed E-state index contributed by atoms with van der Waals surface area (Å²) in [7, 11) is 2.24. The van der Waals surface area contributed by atoms with Crippen molar-refractivity contribution in [2.75, 3.05) is 39.8 Å². The van der Waals surface area contributed by atoms with Gasteiger partial charge in [0.25, 0.3) is 0 Å². The second-order valence-electron chi connectivity index (χ2n) is 7.14. The largest absolute Gasteiger partial charge is 0.314 e. The Kier molecular flexibility index (Phi) is 6.09. The van der Waals surface area contributed by atoms with Crippen LogP contribution < -0.4 is 5.32 Å². The molecule has 1 N–H and O–H groups in total. The molecule has 0 amide bonds. The van der Waals surface area contributed by atoms with E-state index in [1.807, 2.05) is 0 Å². The lowest BCUT2D eigenvalue weighted by molar-refractivity contribution is 0.133. The molecule has 1 atom stereocenters. The van der Waals surface area contributed by atoms with E-state index in [-0.39, 0.29) is 0 Å². The Morgan fingerprint density at radius 2 is 1.94 bits per heavy atom. The molecule has 0 radical (unpaired) electrons. The van der Waals surface area contributed by atoms with Gasteiger partial charge in [-0.1, -0.05) is 27.7 Å². The van der Waals surface area contributed by atoms with Crippen molar-refractivity contribution in [3.8, 4) is 0 Å². The lowest BCUT2D eigenvalue weighted by Crippen LogP contribution is -2.46. The molecule has 0 bridgehead atoms. The number of nitrogens with one attached hydrogen (secondary N) is 1. The van der Waals surface area contributed by atoms with Crippen molar-refractivity contribution in [1.82, 2.24) is 15.1 Å². The number of hydrogen-bond acceptors (Lipinski definition) is 3. The van der Waals surface area contributed by atoms with Gasteiger partial charge in [0.15, 0.2) is 0 Å². The van der Waals surface area contributed by atoms with Gasteiger partial charge in [-0.25, -0.2) is 0 Å². The van der Waals surface area contributed by atoms with Crippen LogP contribution in [-0.4, -0.2) is 61.7 Å². The predicted molar refractivity (Wildman–Crippen MR) is 80.1 cm³/mol. The van der Waals surface area contributed by atoms with Crippen LogP contribution in [0.3, 0.4) is 0 Å². The van der Waals surface area contributed by atoms with Gasteiger partial charge in [0.1, 0.15) is 0 Å². The highest BCUT2D eigenvalue weighted by Gasteiger charge is 2.26. The van der Waals surface area contributed by atoms with Gasteiger partial charge >= 0.3 is 0 Å². The summed E-state index contributed by atoms with van der Waals surface area (Å²) in [5, 5.41) is 3.58. The van der Waals surface area contributed by atoms with Crippen molar-refractivity contribution in [3.63, 3.8) is 0 Å². The second kappa shape index (κ2) is 6.88. The highest BCUT2D eigenvalue weighted by Crippen LogP contribution is 2.19. The van der Waals surface area contributed by atoms with Gasteiger partial charge in [0.2, 0.25) is 0 Å². The minimum absolute atomic E-state index is 0.349. The molecule has 1 unspecified atom stereocenters. The Morgan fingerprint density at radius 3 is 2.56 bits per heavy atom. The third kappa shape index (κ3) is 5.68. The van der Waals surface area contributed by atoms with E-state index in [2.05, 4.69) is 56.8 Å². The van der Waals surface area contributed by atoms with Gasteiger partial charge in [-0.05, 0) is 38.9 Å². The van der Waals surface area contributed by atoms with Crippen molar-refractivity contribution in [3.05, 3.63) is 0 Å². The van der Waals surface area contributed by atoms with Crippen LogP contribution in [0.1, 0.15) is 41.0 Å². The first-order chi connectivity index (χ1) is 8.30. The summed E-state index contributed by atoms with van der Waals surface area (Å²) in [5.74, 6) is 0. The summed E-state index contributed by atoms with van der Waals surface area (Å²) < 4.78 is 0. The zero-order chi connectivity index (χ0) is 13.8. The van der Waals surface area contributed by atoms with E-state index in [9.17, 15) is 0 Å². The van der Waals surface area contributed by atoms with Crippen LogP contribution in [0.15, 0.2) is 0 Å². The van der Waals surface area contributed by atoms with Crippen LogP contribution in [-0.2, 0) is 0 Å². The SMILES string of the molecule is CC(C)NCC(C)(C)CN1CCCN(C)CC1C. The van der Waals surface area contributed by atoms with Gasteiger partial charge in [0, 0.05) is 31.7 Å². The van der Waals surface area contributed by atoms with E-state index in [0.29, 0.717) is 17.5 Å². The van der Waals surface area contributed by atoms with E-state index in [4.69, 9.17) is 0 Å². The van der Waals surface area contributed by atoms with Crippen LogP contribution >= 0.6 is 0 Å². The van der Waals surface area contributed by atoms with Crippen LogP contribution in [0.25, 0.3) is 0 Å². The van der Waals surface area contributed by atoms with E-state index in [1.165, 1.54) is 32.6 Å². The lowest BCUT2D eigenvalue weighted by atomic mass is 9.91. The van der Waals surface area contributed by atoms with Gasteiger partial charge in [-0.3, -0.25) is 4.90 Å².